The fourth-order valence-corrected chi connectivity index (χ4v) is 1.89. The minimum atomic E-state index is 0.487. The molecule has 3 heterocycles. The average molecular weight is 223 g/mol. The van der Waals surface area contributed by atoms with Crippen LogP contribution < -0.4 is 0 Å². The van der Waals surface area contributed by atoms with Crippen LogP contribution in [0.4, 0.5) is 0 Å². The number of aromatic nitrogens is 4. The van der Waals surface area contributed by atoms with Crippen molar-refractivity contribution in [2.45, 2.75) is 0 Å². The van der Waals surface area contributed by atoms with Crippen molar-refractivity contribution in [3.63, 3.8) is 0 Å². The van der Waals surface area contributed by atoms with Crippen LogP contribution in [0, 0.1) is 11.3 Å². The van der Waals surface area contributed by atoms with E-state index in [0.717, 1.165) is 11.4 Å². The minimum absolute atomic E-state index is 0.487. The Morgan fingerprint density at radius 1 is 1.29 bits per heavy atom. The molecule has 3 rings (SSSR count). The van der Waals surface area contributed by atoms with E-state index in [0.29, 0.717) is 11.2 Å². The maximum atomic E-state index is 8.95. The molecule has 5 nitrogen and oxygen atoms in total. The maximum Gasteiger partial charge on any atom is 0.173 e. The van der Waals surface area contributed by atoms with Gasteiger partial charge in [0.25, 0.3) is 0 Å². The zero-order valence-electron chi connectivity index (χ0n) is 9.20. The van der Waals surface area contributed by atoms with E-state index in [1.807, 2.05) is 36.0 Å². The molecule has 5 heteroatoms. The Labute approximate surface area is 97.6 Å². The van der Waals surface area contributed by atoms with Crippen molar-refractivity contribution in [1.29, 1.82) is 5.26 Å². The van der Waals surface area contributed by atoms with Crippen molar-refractivity contribution in [1.82, 2.24) is 19.2 Å². The van der Waals surface area contributed by atoms with Crippen LogP contribution in [-0.2, 0) is 7.05 Å². The molecule has 0 fully saturated rings. The molecule has 3 aromatic rings. The summed E-state index contributed by atoms with van der Waals surface area (Å²) in [5, 5.41) is 13.2. The zero-order valence-corrected chi connectivity index (χ0v) is 9.20. The monoisotopic (exact) mass is 223 g/mol. The summed E-state index contributed by atoms with van der Waals surface area (Å²) < 4.78 is 3.69. The quantitative estimate of drug-likeness (QED) is 0.629. The molecule has 0 N–H and O–H groups in total. The molecule has 0 aliphatic heterocycles. The Kier molecular flexibility index (Phi) is 1.95. The van der Waals surface area contributed by atoms with E-state index in [2.05, 4.69) is 16.2 Å². The zero-order chi connectivity index (χ0) is 11.8. The lowest BCUT2D eigenvalue weighted by molar-refractivity contribution is 0.892. The van der Waals surface area contributed by atoms with Crippen LogP contribution in [0.15, 0.2) is 36.8 Å². The highest BCUT2D eigenvalue weighted by molar-refractivity contribution is 5.63. The summed E-state index contributed by atoms with van der Waals surface area (Å²) in [6.07, 6.45) is 5.20. The van der Waals surface area contributed by atoms with Gasteiger partial charge in [0.05, 0.1) is 17.6 Å². The van der Waals surface area contributed by atoms with Crippen molar-refractivity contribution in [2.24, 2.45) is 7.05 Å². The average Bonchev–Trinajstić information content (AvgIpc) is 2.94. The smallest absolute Gasteiger partial charge is 0.173 e. The maximum absolute atomic E-state index is 8.95. The second-order valence-corrected chi connectivity index (χ2v) is 3.74. The molecule has 0 aromatic carbocycles. The van der Waals surface area contributed by atoms with Gasteiger partial charge in [-0.25, -0.2) is 9.50 Å². The largest absolute Gasteiger partial charge is 0.349 e. The molecule has 17 heavy (non-hydrogen) atoms. The van der Waals surface area contributed by atoms with Gasteiger partial charge in [-0.05, 0) is 18.2 Å². The highest BCUT2D eigenvalue weighted by Gasteiger charge is 2.10. The van der Waals surface area contributed by atoms with Gasteiger partial charge in [0, 0.05) is 19.4 Å². The van der Waals surface area contributed by atoms with Gasteiger partial charge in [0.1, 0.15) is 11.6 Å². The first-order valence-corrected chi connectivity index (χ1v) is 5.16. The Morgan fingerprint density at radius 2 is 2.18 bits per heavy atom. The van der Waals surface area contributed by atoms with Crippen molar-refractivity contribution in [2.75, 3.05) is 0 Å². The Balaban J connectivity index is 2.36. The molecule has 0 amide bonds. The van der Waals surface area contributed by atoms with Crippen molar-refractivity contribution < 1.29 is 0 Å². The number of hydrogen-bond donors (Lipinski definition) is 0. The second kappa shape index (κ2) is 3.46. The molecule has 0 radical (unpaired) electrons. The van der Waals surface area contributed by atoms with Crippen LogP contribution in [0.3, 0.4) is 0 Å². The van der Waals surface area contributed by atoms with Crippen molar-refractivity contribution in [3.8, 4) is 17.5 Å². The van der Waals surface area contributed by atoms with Gasteiger partial charge in [-0.15, -0.1) is 0 Å². The predicted octanol–water partition coefficient (Wildman–Crippen LogP) is 1.61. The van der Waals surface area contributed by atoms with Gasteiger partial charge in [0.2, 0.25) is 0 Å². The summed E-state index contributed by atoms with van der Waals surface area (Å²) in [4.78, 5) is 4.18. The fourth-order valence-electron chi connectivity index (χ4n) is 1.89. The van der Waals surface area contributed by atoms with E-state index in [1.54, 1.807) is 10.7 Å². The lowest BCUT2D eigenvalue weighted by Gasteiger charge is -2.05. The Morgan fingerprint density at radius 3 is 2.88 bits per heavy atom. The molecule has 0 unspecified atom stereocenters. The number of rotatable bonds is 1. The lowest BCUT2D eigenvalue weighted by Crippen LogP contribution is -1.99. The van der Waals surface area contributed by atoms with Gasteiger partial charge in [-0.1, -0.05) is 0 Å². The summed E-state index contributed by atoms with van der Waals surface area (Å²) in [7, 11) is 1.97. The summed E-state index contributed by atoms with van der Waals surface area (Å²) in [6, 6.07) is 7.94. The van der Waals surface area contributed by atoms with Gasteiger partial charge >= 0.3 is 0 Å². The predicted molar refractivity (Wildman–Crippen MR) is 62.1 cm³/mol. The molecule has 0 aliphatic carbocycles. The van der Waals surface area contributed by atoms with E-state index in [-0.39, 0.29) is 0 Å². The van der Waals surface area contributed by atoms with E-state index in [4.69, 9.17) is 5.26 Å². The molecule has 3 aromatic heterocycles. The van der Waals surface area contributed by atoms with Crippen LogP contribution >= 0.6 is 0 Å². The first kappa shape index (κ1) is 9.60. The molecule has 0 saturated heterocycles. The molecular weight excluding hydrogens is 214 g/mol. The molecule has 82 valence electrons. The topological polar surface area (TPSA) is 58.9 Å². The fraction of sp³-hybridized carbons (Fsp3) is 0.0833. The van der Waals surface area contributed by atoms with Crippen LogP contribution in [0.25, 0.3) is 17.0 Å². The number of nitriles is 1. The van der Waals surface area contributed by atoms with Crippen molar-refractivity contribution >= 4 is 5.65 Å². The molecule has 0 bridgehead atoms. The molecule has 0 aliphatic rings. The Bertz CT molecular complexity index is 729. The minimum Gasteiger partial charge on any atom is -0.349 e. The van der Waals surface area contributed by atoms with E-state index >= 15 is 0 Å². The number of aryl methyl sites for hydroxylation is 1. The molecular formula is C12H9N5. The lowest BCUT2D eigenvalue weighted by atomic mass is 10.3. The summed E-state index contributed by atoms with van der Waals surface area (Å²) in [5.74, 6) is 0. The van der Waals surface area contributed by atoms with Crippen LogP contribution in [-0.4, -0.2) is 19.2 Å². The molecule has 0 saturated carbocycles. The third-order valence-electron chi connectivity index (χ3n) is 2.73. The van der Waals surface area contributed by atoms with E-state index in [1.165, 1.54) is 6.20 Å². The number of fused-ring (bicyclic) bond motifs is 1. The first-order valence-electron chi connectivity index (χ1n) is 5.16. The highest BCUT2D eigenvalue weighted by Crippen LogP contribution is 2.20. The van der Waals surface area contributed by atoms with Crippen molar-refractivity contribution in [3.05, 3.63) is 42.4 Å². The summed E-state index contributed by atoms with van der Waals surface area (Å²) in [5.41, 5.74) is 3.03. The van der Waals surface area contributed by atoms with Gasteiger partial charge in [0.15, 0.2) is 5.65 Å². The third-order valence-corrected chi connectivity index (χ3v) is 2.73. The van der Waals surface area contributed by atoms with Gasteiger partial charge in [-0.3, -0.25) is 0 Å². The number of hydrogen-bond acceptors (Lipinski definition) is 3. The van der Waals surface area contributed by atoms with E-state index < -0.39 is 0 Å². The van der Waals surface area contributed by atoms with Crippen LogP contribution in [0.1, 0.15) is 5.56 Å². The number of nitrogens with zero attached hydrogens (tertiary/aromatic N) is 5. The summed E-state index contributed by atoms with van der Waals surface area (Å²) >= 11 is 0. The molecule has 0 atom stereocenters. The molecule has 0 spiro atoms. The van der Waals surface area contributed by atoms with E-state index in [9.17, 15) is 0 Å². The van der Waals surface area contributed by atoms with Crippen LogP contribution in [0.5, 0.6) is 0 Å². The summed E-state index contributed by atoms with van der Waals surface area (Å²) in [6.45, 7) is 0. The third kappa shape index (κ3) is 1.31. The Hall–Kier alpha value is -2.61. The normalized spacial score (nSPS) is 10.6. The standard InChI is InChI=1S/C12H9N5/c1-16-6-2-3-10(16)11-4-5-14-12-9(7-13)8-15-17(11)12/h2-6,8H,1H3. The highest BCUT2D eigenvalue weighted by atomic mass is 15.3. The van der Waals surface area contributed by atoms with Gasteiger partial charge < -0.3 is 4.57 Å². The first-order chi connectivity index (χ1) is 8.31. The van der Waals surface area contributed by atoms with Gasteiger partial charge in [-0.2, -0.15) is 10.4 Å². The second-order valence-electron chi connectivity index (χ2n) is 3.74. The SMILES string of the molecule is Cn1cccc1-c1ccnc2c(C#N)cnn12. The van der Waals surface area contributed by atoms with Crippen LogP contribution in [0.2, 0.25) is 0 Å².